The minimum absolute atomic E-state index is 0.142. The number of benzene rings is 1. The van der Waals surface area contributed by atoms with Gasteiger partial charge in [0, 0.05) is 55.2 Å². The van der Waals surface area contributed by atoms with Crippen LogP contribution in [0.1, 0.15) is 17.3 Å². The Hall–Kier alpha value is -3.36. The van der Waals surface area contributed by atoms with Crippen molar-refractivity contribution in [3.05, 3.63) is 88.4 Å². The van der Waals surface area contributed by atoms with Crippen LogP contribution < -0.4 is 5.56 Å². The molecule has 1 aromatic carbocycles. The molecular formula is C25H24FN3O4. The van der Waals surface area contributed by atoms with Crippen LogP contribution in [0.2, 0.25) is 0 Å². The molecule has 0 aliphatic carbocycles. The molecule has 7 nitrogen and oxygen atoms in total. The summed E-state index contributed by atoms with van der Waals surface area (Å²) in [5.41, 5.74) is 2.48. The van der Waals surface area contributed by atoms with Gasteiger partial charge in [0.05, 0.1) is 13.2 Å². The quantitative estimate of drug-likeness (QED) is 0.602. The highest BCUT2D eigenvalue weighted by Crippen LogP contribution is 2.50. The van der Waals surface area contributed by atoms with E-state index in [-0.39, 0.29) is 30.0 Å². The third-order valence-electron chi connectivity index (χ3n) is 6.88. The van der Waals surface area contributed by atoms with E-state index in [1.54, 1.807) is 35.2 Å². The number of halogens is 1. The van der Waals surface area contributed by atoms with Gasteiger partial charge < -0.3 is 14.4 Å². The Kier molecular flexibility index (Phi) is 5.55. The minimum Gasteiger partial charge on any atom is -0.468 e. The lowest BCUT2D eigenvalue weighted by atomic mass is 9.88. The van der Waals surface area contributed by atoms with Crippen LogP contribution in [0.3, 0.4) is 0 Å². The zero-order valence-electron chi connectivity index (χ0n) is 18.1. The first-order valence-corrected chi connectivity index (χ1v) is 10.9. The summed E-state index contributed by atoms with van der Waals surface area (Å²) < 4.78 is 20.6. The van der Waals surface area contributed by atoms with Crippen LogP contribution in [-0.2, 0) is 22.6 Å². The molecule has 4 atom stereocenters. The van der Waals surface area contributed by atoms with E-state index in [9.17, 15) is 19.1 Å². The van der Waals surface area contributed by atoms with Crippen molar-refractivity contribution in [2.24, 2.45) is 11.8 Å². The zero-order valence-corrected chi connectivity index (χ0v) is 18.1. The van der Waals surface area contributed by atoms with Crippen molar-refractivity contribution >= 4 is 5.97 Å². The van der Waals surface area contributed by atoms with Crippen LogP contribution in [0.5, 0.6) is 0 Å². The Balaban J connectivity index is 1.60. The van der Waals surface area contributed by atoms with Gasteiger partial charge in [-0.3, -0.25) is 19.5 Å². The topological polar surface area (TPSA) is 84.7 Å². The van der Waals surface area contributed by atoms with Gasteiger partial charge in [-0.2, -0.15) is 0 Å². The maximum absolute atomic E-state index is 13.8. The molecule has 3 aromatic rings. The number of carbonyl (C=O) groups is 1. The highest BCUT2D eigenvalue weighted by Gasteiger charge is 2.56. The number of likely N-dealkylation sites (tertiary alicyclic amines) is 1. The second-order valence-corrected chi connectivity index (χ2v) is 8.55. The number of rotatable bonds is 5. The first-order chi connectivity index (χ1) is 16.0. The number of fused-ring (bicyclic) bond motifs is 3. The van der Waals surface area contributed by atoms with Gasteiger partial charge >= 0.3 is 5.97 Å². The highest BCUT2D eigenvalue weighted by atomic mass is 19.1. The molecule has 170 valence electrons. The van der Waals surface area contributed by atoms with Gasteiger partial charge in [-0.1, -0.05) is 12.1 Å². The van der Waals surface area contributed by atoms with E-state index in [0.717, 1.165) is 11.3 Å². The van der Waals surface area contributed by atoms with Gasteiger partial charge in [0.15, 0.2) is 0 Å². The van der Waals surface area contributed by atoms with Crippen LogP contribution in [0.15, 0.2) is 65.7 Å². The van der Waals surface area contributed by atoms with Crippen molar-refractivity contribution in [2.75, 3.05) is 13.7 Å². The van der Waals surface area contributed by atoms with Crippen LogP contribution in [0.4, 0.5) is 4.39 Å². The lowest BCUT2D eigenvalue weighted by Crippen LogP contribution is -2.43. The van der Waals surface area contributed by atoms with E-state index in [4.69, 9.17) is 4.74 Å². The van der Waals surface area contributed by atoms with Crippen LogP contribution in [0, 0.1) is 17.7 Å². The average molecular weight is 449 g/mol. The van der Waals surface area contributed by atoms with Crippen LogP contribution >= 0.6 is 0 Å². The van der Waals surface area contributed by atoms with E-state index in [1.165, 1.54) is 19.2 Å². The largest absolute Gasteiger partial charge is 0.468 e. The molecule has 2 aliphatic rings. The first-order valence-electron chi connectivity index (χ1n) is 10.9. The van der Waals surface area contributed by atoms with E-state index >= 15 is 0 Å². The minimum atomic E-state index is -0.630. The predicted octanol–water partition coefficient (Wildman–Crippen LogP) is 2.39. The summed E-state index contributed by atoms with van der Waals surface area (Å²) in [5, 5.41) is 10.2. The Labute approximate surface area is 190 Å². The van der Waals surface area contributed by atoms with Crippen molar-refractivity contribution in [2.45, 2.75) is 25.2 Å². The van der Waals surface area contributed by atoms with Crippen molar-refractivity contribution in [1.29, 1.82) is 0 Å². The third-order valence-corrected chi connectivity index (χ3v) is 6.88. The van der Waals surface area contributed by atoms with Crippen LogP contribution in [-0.4, -0.2) is 45.3 Å². The molecule has 0 amide bonds. The lowest BCUT2D eigenvalue weighted by molar-refractivity contribution is -0.148. The average Bonchev–Trinajstić information content (AvgIpc) is 3.35. The molecule has 0 unspecified atom stereocenters. The lowest BCUT2D eigenvalue weighted by Gasteiger charge is -2.29. The molecule has 0 saturated carbocycles. The number of methoxy groups -OCH3 is 1. The second kappa shape index (κ2) is 8.53. The number of aliphatic hydroxyl groups is 1. The van der Waals surface area contributed by atoms with E-state index in [0.29, 0.717) is 24.2 Å². The molecule has 1 fully saturated rings. The number of carbonyl (C=O) groups excluding carboxylic acids is 1. The second-order valence-electron chi connectivity index (χ2n) is 8.55. The third kappa shape index (κ3) is 3.55. The number of pyridine rings is 2. The summed E-state index contributed by atoms with van der Waals surface area (Å²) in [6, 6.07) is 12.5. The van der Waals surface area contributed by atoms with Gasteiger partial charge in [0.1, 0.15) is 11.9 Å². The number of hydrogen-bond acceptors (Lipinski definition) is 6. The Morgan fingerprint density at radius 3 is 2.70 bits per heavy atom. The number of esters is 1. The van der Waals surface area contributed by atoms with Gasteiger partial charge in [-0.25, -0.2) is 4.39 Å². The van der Waals surface area contributed by atoms with Gasteiger partial charge in [-0.15, -0.1) is 0 Å². The summed E-state index contributed by atoms with van der Waals surface area (Å²) in [7, 11) is 1.35. The number of aromatic nitrogens is 2. The SMILES string of the molecule is COC(=O)[C@H]1[C@H](CO)[C@H]2Cn3c(ccc(-c4cccc(F)c4)c3=O)[C@H]2N1Cc1ccncc1. The fourth-order valence-corrected chi connectivity index (χ4v) is 5.45. The van der Waals surface area contributed by atoms with Gasteiger partial charge in [-0.05, 0) is 47.5 Å². The molecule has 2 aromatic heterocycles. The smallest absolute Gasteiger partial charge is 0.323 e. The Bertz CT molecular complexity index is 1250. The maximum atomic E-state index is 13.8. The molecule has 2 aliphatic heterocycles. The van der Waals surface area contributed by atoms with E-state index in [2.05, 4.69) is 4.98 Å². The van der Waals surface area contributed by atoms with Crippen molar-refractivity contribution in [3.63, 3.8) is 0 Å². The maximum Gasteiger partial charge on any atom is 0.323 e. The fraction of sp³-hybridized carbons (Fsp3) is 0.320. The number of aliphatic hydroxyl groups excluding tert-OH is 1. The predicted molar refractivity (Wildman–Crippen MR) is 118 cm³/mol. The summed E-state index contributed by atoms with van der Waals surface area (Å²) in [6.45, 7) is 0.612. The summed E-state index contributed by atoms with van der Waals surface area (Å²) in [6.07, 6.45) is 3.38. The van der Waals surface area contributed by atoms with Gasteiger partial charge in [0.2, 0.25) is 0 Å². The van der Waals surface area contributed by atoms with Crippen molar-refractivity contribution < 1.29 is 19.0 Å². The molecule has 0 bridgehead atoms. The standard InChI is InChI=1S/C25H24FN3O4/c1-33-25(32)23-20(14-30)19-13-28-21(22(19)29(23)12-15-7-9-27-10-8-15)6-5-18(24(28)31)16-3-2-4-17(26)11-16/h2-11,19-20,22-23,30H,12-14H2,1H3/t19-,20-,22+,23-/m1/s1. The Morgan fingerprint density at radius 2 is 2.00 bits per heavy atom. The van der Waals surface area contributed by atoms with Crippen molar-refractivity contribution in [1.82, 2.24) is 14.5 Å². The molecule has 5 rings (SSSR count). The van der Waals surface area contributed by atoms with E-state index in [1.807, 2.05) is 23.1 Å². The molecule has 1 N–H and O–H groups in total. The first kappa shape index (κ1) is 21.5. The summed E-state index contributed by atoms with van der Waals surface area (Å²) >= 11 is 0. The number of ether oxygens (including phenoxy) is 1. The number of hydrogen-bond donors (Lipinski definition) is 1. The van der Waals surface area contributed by atoms with Crippen molar-refractivity contribution in [3.8, 4) is 11.1 Å². The van der Waals surface area contributed by atoms with E-state index < -0.39 is 17.8 Å². The molecule has 0 radical (unpaired) electrons. The normalized spacial score (nSPS) is 23.8. The molecule has 1 saturated heterocycles. The highest BCUT2D eigenvalue weighted by molar-refractivity contribution is 5.77. The molecule has 33 heavy (non-hydrogen) atoms. The molecular weight excluding hydrogens is 425 g/mol. The summed E-state index contributed by atoms with van der Waals surface area (Å²) in [5.74, 6) is -1.33. The summed E-state index contributed by atoms with van der Waals surface area (Å²) in [4.78, 5) is 32.2. The number of nitrogens with zero attached hydrogens (tertiary/aromatic N) is 3. The Morgan fingerprint density at radius 1 is 1.21 bits per heavy atom. The zero-order chi connectivity index (χ0) is 23.1. The fourth-order valence-electron chi connectivity index (χ4n) is 5.45. The monoisotopic (exact) mass is 449 g/mol. The molecule has 0 spiro atoms. The molecule has 4 heterocycles. The molecule has 8 heteroatoms. The van der Waals surface area contributed by atoms with Crippen LogP contribution in [0.25, 0.3) is 11.1 Å². The van der Waals surface area contributed by atoms with Gasteiger partial charge in [0.25, 0.3) is 5.56 Å².